The molecule has 7 atom stereocenters. The first-order chi connectivity index (χ1) is 23.1. The maximum Gasteiger partial charge on any atom is 0.407 e. The van der Waals surface area contributed by atoms with E-state index in [-0.39, 0.29) is 30.5 Å². The van der Waals surface area contributed by atoms with E-state index in [1.165, 1.54) is 24.9 Å². The fraction of sp³-hybridized carbons (Fsp3) is 0.594. The van der Waals surface area contributed by atoms with Gasteiger partial charge in [0, 0.05) is 0 Å². The smallest absolute Gasteiger partial charge is 0.407 e. The fourth-order valence-corrected chi connectivity index (χ4v) is 6.98. The Labute approximate surface area is 285 Å². The number of aromatic nitrogens is 4. The lowest BCUT2D eigenvalue weighted by Gasteiger charge is -2.29. The fourth-order valence-electron chi connectivity index (χ4n) is 5.36. The SMILES string of the molecule is CCOC(=O)[C@@H](OP(=O)(N[C@@H](CC(C)C)C(=O)OC(C)C)OC[C@H]1O[C@@H](n2cnc3c(OC)nc(C)nc32)[C@@](C)(O)C1O)c1ccccc1. The summed E-state index contributed by atoms with van der Waals surface area (Å²) in [5.74, 6) is -1.03. The van der Waals surface area contributed by atoms with Gasteiger partial charge in [0.2, 0.25) is 5.88 Å². The van der Waals surface area contributed by atoms with E-state index in [1.54, 1.807) is 58.0 Å². The zero-order valence-corrected chi connectivity index (χ0v) is 29.8. The average molecular weight is 708 g/mol. The van der Waals surface area contributed by atoms with Crippen LogP contribution in [0.25, 0.3) is 11.2 Å². The maximum absolute atomic E-state index is 14.7. The molecule has 0 saturated carbocycles. The highest BCUT2D eigenvalue weighted by Crippen LogP contribution is 2.51. The molecule has 4 rings (SSSR count). The van der Waals surface area contributed by atoms with Crippen molar-refractivity contribution in [3.05, 3.63) is 48.0 Å². The summed E-state index contributed by atoms with van der Waals surface area (Å²) in [6.07, 6.45) is -4.57. The summed E-state index contributed by atoms with van der Waals surface area (Å²) in [5.41, 5.74) is -1.03. The second-order valence-electron chi connectivity index (χ2n) is 12.5. The van der Waals surface area contributed by atoms with Gasteiger partial charge in [0.05, 0.1) is 32.8 Å². The Morgan fingerprint density at radius 2 is 1.84 bits per heavy atom. The Morgan fingerprint density at radius 3 is 2.45 bits per heavy atom. The Balaban J connectivity index is 1.68. The van der Waals surface area contributed by atoms with Gasteiger partial charge in [-0.3, -0.25) is 18.4 Å². The van der Waals surface area contributed by atoms with Gasteiger partial charge < -0.3 is 29.2 Å². The van der Waals surface area contributed by atoms with Crippen LogP contribution in [0.2, 0.25) is 0 Å². The van der Waals surface area contributed by atoms with Gasteiger partial charge in [0.1, 0.15) is 29.7 Å². The normalized spacial score (nSPS) is 23.4. The molecule has 49 heavy (non-hydrogen) atoms. The van der Waals surface area contributed by atoms with Crippen LogP contribution in [0.4, 0.5) is 0 Å². The molecule has 1 aromatic carbocycles. The van der Waals surface area contributed by atoms with Crippen LogP contribution in [0.5, 0.6) is 5.88 Å². The van der Waals surface area contributed by atoms with Crippen molar-refractivity contribution in [3.8, 4) is 5.88 Å². The lowest BCUT2D eigenvalue weighted by Crippen LogP contribution is -2.44. The van der Waals surface area contributed by atoms with E-state index in [9.17, 15) is 24.4 Å². The highest BCUT2D eigenvalue weighted by molar-refractivity contribution is 7.51. The van der Waals surface area contributed by atoms with Gasteiger partial charge in [-0.1, -0.05) is 44.2 Å². The van der Waals surface area contributed by atoms with E-state index in [1.807, 2.05) is 13.8 Å². The number of fused-ring (bicyclic) bond motifs is 1. The molecule has 0 spiro atoms. The molecular formula is C32H46N5O11P. The highest BCUT2D eigenvalue weighted by Gasteiger charge is 2.54. The number of methoxy groups -OCH3 is 1. The molecule has 0 bridgehead atoms. The molecule has 16 nitrogen and oxygen atoms in total. The summed E-state index contributed by atoms with van der Waals surface area (Å²) in [6, 6.07) is 7.07. The summed E-state index contributed by atoms with van der Waals surface area (Å²) in [7, 11) is -3.23. The second-order valence-corrected chi connectivity index (χ2v) is 14.3. The van der Waals surface area contributed by atoms with Crippen molar-refractivity contribution >= 4 is 30.8 Å². The van der Waals surface area contributed by atoms with Crippen LogP contribution < -0.4 is 9.82 Å². The predicted molar refractivity (Wildman–Crippen MR) is 175 cm³/mol. The average Bonchev–Trinajstić information content (AvgIpc) is 3.55. The molecule has 3 N–H and O–H groups in total. The number of hydrogen-bond acceptors (Lipinski definition) is 14. The Hall–Kier alpha value is -3.50. The highest BCUT2D eigenvalue weighted by atomic mass is 31.2. The van der Waals surface area contributed by atoms with Crippen LogP contribution in [-0.2, 0) is 37.4 Å². The molecule has 0 aliphatic carbocycles. The van der Waals surface area contributed by atoms with Crippen molar-refractivity contribution in [1.29, 1.82) is 0 Å². The number of ether oxygens (including phenoxy) is 4. The minimum atomic E-state index is -4.67. The predicted octanol–water partition coefficient (Wildman–Crippen LogP) is 3.55. The third kappa shape index (κ3) is 9.00. The van der Waals surface area contributed by atoms with Crippen LogP contribution in [0.15, 0.2) is 36.7 Å². The topological polar surface area (TPSA) is 203 Å². The number of hydrogen-bond donors (Lipinski definition) is 3. The van der Waals surface area contributed by atoms with Gasteiger partial charge in [-0.05, 0) is 52.5 Å². The van der Waals surface area contributed by atoms with E-state index in [0.717, 1.165) is 0 Å². The summed E-state index contributed by atoms with van der Waals surface area (Å²) < 4.78 is 50.0. The van der Waals surface area contributed by atoms with Crippen LogP contribution in [0.1, 0.15) is 71.7 Å². The largest absolute Gasteiger partial charge is 0.479 e. The molecule has 3 aromatic rings. The van der Waals surface area contributed by atoms with Gasteiger partial charge in [-0.2, -0.15) is 4.98 Å². The van der Waals surface area contributed by atoms with E-state index < -0.39 is 68.6 Å². The number of nitrogens with zero attached hydrogens (tertiary/aromatic N) is 4. The summed E-state index contributed by atoms with van der Waals surface area (Å²) in [5, 5.41) is 25.4. The van der Waals surface area contributed by atoms with Crippen LogP contribution in [-0.4, -0.2) is 91.9 Å². The van der Waals surface area contributed by atoms with Crippen molar-refractivity contribution in [3.63, 3.8) is 0 Å². The molecule has 0 radical (unpaired) electrons. The number of benzene rings is 1. The van der Waals surface area contributed by atoms with Crippen molar-refractivity contribution in [2.75, 3.05) is 20.3 Å². The molecular weight excluding hydrogens is 661 g/mol. The van der Waals surface area contributed by atoms with Crippen LogP contribution in [0, 0.1) is 12.8 Å². The summed E-state index contributed by atoms with van der Waals surface area (Å²) in [4.78, 5) is 39.3. The van der Waals surface area contributed by atoms with E-state index >= 15 is 0 Å². The number of imidazole rings is 1. The minimum absolute atomic E-state index is 0.0125. The first kappa shape index (κ1) is 38.3. The maximum atomic E-state index is 14.7. The molecule has 0 amide bonds. The van der Waals surface area contributed by atoms with Crippen molar-refractivity contribution in [2.45, 2.75) is 97.2 Å². The van der Waals surface area contributed by atoms with Crippen molar-refractivity contribution < 1.29 is 52.4 Å². The number of carbonyl (C=O) groups is 2. The number of esters is 2. The lowest BCUT2D eigenvalue weighted by atomic mass is 9.96. The minimum Gasteiger partial charge on any atom is -0.479 e. The molecule has 1 aliphatic rings. The van der Waals surface area contributed by atoms with Crippen LogP contribution in [0.3, 0.4) is 0 Å². The van der Waals surface area contributed by atoms with Gasteiger partial charge in [0.25, 0.3) is 0 Å². The molecule has 1 fully saturated rings. The van der Waals surface area contributed by atoms with Gasteiger partial charge >= 0.3 is 19.7 Å². The molecule has 1 saturated heterocycles. The zero-order chi connectivity index (χ0) is 36.1. The monoisotopic (exact) mass is 707 g/mol. The zero-order valence-electron chi connectivity index (χ0n) is 28.9. The van der Waals surface area contributed by atoms with Gasteiger partial charge in [-0.15, -0.1) is 0 Å². The molecule has 2 aromatic heterocycles. The second kappa shape index (κ2) is 16.0. The number of aryl methyl sites for hydroxylation is 1. The molecule has 1 aliphatic heterocycles. The number of aliphatic hydroxyl groups is 2. The number of rotatable bonds is 16. The van der Waals surface area contributed by atoms with Gasteiger partial charge in [-0.25, -0.2) is 24.4 Å². The van der Waals surface area contributed by atoms with Crippen LogP contribution >= 0.6 is 7.75 Å². The third-order valence-electron chi connectivity index (χ3n) is 7.62. The van der Waals surface area contributed by atoms with E-state index in [0.29, 0.717) is 16.9 Å². The van der Waals surface area contributed by atoms with Crippen molar-refractivity contribution in [1.82, 2.24) is 24.6 Å². The number of aliphatic hydroxyl groups excluding tert-OH is 1. The Morgan fingerprint density at radius 1 is 1.14 bits per heavy atom. The quantitative estimate of drug-likeness (QED) is 0.144. The Kier molecular flexibility index (Phi) is 12.5. The standard InChI is InChI=1S/C32H46N5O11P/c1-9-44-30(40)25(21-13-11-10-12-14-21)48-49(42,36-22(15-18(2)3)29(39)46-19(4)5)45-16-23-26(38)32(7,41)31(47-23)37-17-33-24-27(37)34-20(6)35-28(24)43-8/h10-14,17-19,22-23,25-26,31,38,41H,9,15-16H2,1-8H3,(H,36,42)/t22-,23+,25-,26?,31+,32-,49?/m0/s1. The first-order valence-corrected chi connectivity index (χ1v) is 17.6. The third-order valence-corrected chi connectivity index (χ3v) is 9.22. The van der Waals surface area contributed by atoms with E-state index in [4.69, 9.17) is 28.0 Å². The first-order valence-electron chi connectivity index (χ1n) is 16.0. The summed E-state index contributed by atoms with van der Waals surface area (Å²) >= 11 is 0. The van der Waals surface area contributed by atoms with E-state index in [2.05, 4.69) is 20.0 Å². The molecule has 2 unspecified atom stereocenters. The lowest BCUT2D eigenvalue weighted by molar-refractivity contribution is -0.152. The summed E-state index contributed by atoms with van der Waals surface area (Å²) in [6.45, 7) is 11.1. The molecule has 270 valence electrons. The van der Waals surface area contributed by atoms with Crippen molar-refractivity contribution in [2.24, 2.45) is 5.92 Å². The molecule has 3 heterocycles. The Bertz CT molecular complexity index is 1630. The van der Waals surface area contributed by atoms with Gasteiger partial charge in [0.15, 0.2) is 23.5 Å². The number of nitrogens with one attached hydrogen (secondary N) is 1. The number of carbonyl (C=O) groups excluding carboxylic acids is 2. The molecule has 17 heteroatoms.